The molecule has 1 unspecified atom stereocenters. The van der Waals surface area contributed by atoms with Crippen molar-refractivity contribution in [3.8, 4) is 5.75 Å². The standard InChI is InChI=1S/C13H20ClNO2/c1-10(5-6-16)8-15-9-11-3-4-13(17-2)12(14)7-11/h3-4,7,10,15-16H,5-6,8-9H2,1-2H3. The van der Waals surface area contributed by atoms with Crippen molar-refractivity contribution in [3.05, 3.63) is 28.8 Å². The summed E-state index contributed by atoms with van der Waals surface area (Å²) in [5.41, 5.74) is 1.13. The first kappa shape index (κ1) is 14.3. The summed E-state index contributed by atoms with van der Waals surface area (Å²) in [6.07, 6.45) is 0.830. The van der Waals surface area contributed by atoms with E-state index in [-0.39, 0.29) is 6.61 Å². The van der Waals surface area contributed by atoms with Gasteiger partial charge in [-0.1, -0.05) is 24.6 Å². The summed E-state index contributed by atoms with van der Waals surface area (Å²) in [5, 5.41) is 12.8. The van der Waals surface area contributed by atoms with E-state index in [1.807, 2.05) is 18.2 Å². The van der Waals surface area contributed by atoms with E-state index in [2.05, 4.69) is 12.2 Å². The molecule has 0 fully saturated rings. The van der Waals surface area contributed by atoms with Crippen molar-refractivity contribution in [2.75, 3.05) is 20.3 Å². The zero-order chi connectivity index (χ0) is 12.7. The van der Waals surface area contributed by atoms with Gasteiger partial charge in [-0.25, -0.2) is 0 Å². The Morgan fingerprint density at radius 2 is 2.24 bits per heavy atom. The van der Waals surface area contributed by atoms with Crippen LogP contribution in [0.3, 0.4) is 0 Å². The van der Waals surface area contributed by atoms with Crippen LogP contribution < -0.4 is 10.1 Å². The van der Waals surface area contributed by atoms with E-state index < -0.39 is 0 Å². The van der Waals surface area contributed by atoms with Gasteiger partial charge in [-0.2, -0.15) is 0 Å². The highest BCUT2D eigenvalue weighted by Crippen LogP contribution is 2.24. The minimum absolute atomic E-state index is 0.247. The first-order chi connectivity index (χ1) is 8.17. The lowest BCUT2D eigenvalue weighted by molar-refractivity contribution is 0.260. The van der Waals surface area contributed by atoms with Crippen molar-refractivity contribution in [1.29, 1.82) is 0 Å². The molecule has 1 atom stereocenters. The number of aliphatic hydroxyl groups excluding tert-OH is 1. The van der Waals surface area contributed by atoms with Crippen LogP contribution in [0.1, 0.15) is 18.9 Å². The first-order valence-corrected chi connectivity index (χ1v) is 6.19. The maximum Gasteiger partial charge on any atom is 0.137 e. The maximum atomic E-state index is 8.79. The number of aliphatic hydroxyl groups is 1. The fourth-order valence-electron chi connectivity index (χ4n) is 1.61. The zero-order valence-corrected chi connectivity index (χ0v) is 11.1. The van der Waals surface area contributed by atoms with Gasteiger partial charge in [0, 0.05) is 13.2 Å². The average molecular weight is 258 g/mol. The molecule has 0 aliphatic heterocycles. The third-order valence-electron chi connectivity index (χ3n) is 2.66. The van der Waals surface area contributed by atoms with Crippen LogP contribution in [0.4, 0.5) is 0 Å². The Hall–Kier alpha value is -0.770. The van der Waals surface area contributed by atoms with E-state index in [0.29, 0.717) is 16.7 Å². The van der Waals surface area contributed by atoms with Crippen LogP contribution in [0.2, 0.25) is 5.02 Å². The molecular weight excluding hydrogens is 238 g/mol. The van der Waals surface area contributed by atoms with Crippen LogP contribution >= 0.6 is 11.6 Å². The van der Waals surface area contributed by atoms with Crippen LogP contribution in [-0.4, -0.2) is 25.4 Å². The number of rotatable bonds is 7. The molecule has 96 valence electrons. The highest BCUT2D eigenvalue weighted by atomic mass is 35.5. The Labute approximate surface area is 108 Å². The van der Waals surface area contributed by atoms with Crippen molar-refractivity contribution in [3.63, 3.8) is 0 Å². The molecule has 0 saturated carbocycles. The Morgan fingerprint density at radius 1 is 1.47 bits per heavy atom. The Morgan fingerprint density at radius 3 is 2.82 bits per heavy atom. The van der Waals surface area contributed by atoms with Gasteiger partial charge in [0.2, 0.25) is 0 Å². The fourth-order valence-corrected chi connectivity index (χ4v) is 1.89. The molecule has 0 aliphatic rings. The maximum absolute atomic E-state index is 8.79. The van der Waals surface area contributed by atoms with E-state index >= 15 is 0 Å². The highest BCUT2D eigenvalue weighted by Gasteiger charge is 2.03. The van der Waals surface area contributed by atoms with Crippen molar-refractivity contribution < 1.29 is 9.84 Å². The van der Waals surface area contributed by atoms with Gasteiger partial charge in [-0.15, -0.1) is 0 Å². The second-order valence-electron chi connectivity index (χ2n) is 4.22. The van der Waals surface area contributed by atoms with E-state index in [1.165, 1.54) is 0 Å². The van der Waals surface area contributed by atoms with Gasteiger partial charge in [-0.3, -0.25) is 0 Å². The molecule has 1 aromatic carbocycles. The summed E-state index contributed by atoms with van der Waals surface area (Å²) in [6, 6.07) is 5.77. The van der Waals surface area contributed by atoms with Gasteiger partial charge in [0.25, 0.3) is 0 Å². The van der Waals surface area contributed by atoms with Gasteiger partial charge in [-0.05, 0) is 36.6 Å². The molecule has 0 bridgehead atoms. The topological polar surface area (TPSA) is 41.5 Å². The minimum atomic E-state index is 0.247. The lowest BCUT2D eigenvalue weighted by atomic mass is 10.1. The zero-order valence-electron chi connectivity index (χ0n) is 10.4. The normalized spacial score (nSPS) is 12.5. The summed E-state index contributed by atoms with van der Waals surface area (Å²) in [4.78, 5) is 0. The summed E-state index contributed by atoms with van der Waals surface area (Å²) in [5.74, 6) is 1.18. The fraction of sp³-hybridized carbons (Fsp3) is 0.538. The lowest BCUT2D eigenvalue weighted by Crippen LogP contribution is -2.21. The first-order valence-electron chi connectivity index (χ1n) is 5.81. The molecule has 0 aliphatic carbocycles. The van der Waals surface area contributed by atoms with E-state index in [1.54, 1.807) is 7.11 Å². The number of methoxy groups -OCH3 is 1. The van der Waals surface area contributed by atoms with Crippen molar-refractivity contribution in [2.24, 2.45) is 5.92 Å². The van der Waals surface area contributed by atoms with Crippen LogP contribution in [0.5, 0.6) is 5.75 Å². The van der Waals surface area contributed by atoms with Gasteiger partial charge < -0.3 is 15.2 Å². The summed E-state index contributed by atoms with van der Waals surface area (Å²) >= 11 is 6.03. The molecule has 0 spiro atoms. The monoisotopic (exact) mass is 257 g/mol. The SMILES string of the molecule is COc1ccc(CNCC(C)CCO)cc1Cl. The Balaban J connectivity index is 2.39. The van der Waals surface area contributed by atoms with Gasteiger partial charge in [0.1, 0.15) is 5.75 Å². The number of nitrogens with one attached hydrogen (secondary N) is 1. The second kappa shape index (κ2) is 7.54. The molecule has 0 heterocycles. The quantitative estimate of drug-likeness (QED) is 0.789. The average Bonchev–Trinajstić information content (AvgIpc) is 2.29. The second-order valence-corrected chi connectivity index (χ2v) is 4.62. The third kappa shape index (κ3) is 4.94. The molecule has 3 nitrogen and oxygen atoms in total. The molecule has 0 saturated heterocycles. The summed E-state index contributed by atoms with van der Waals surface area (Å²) in [6.45, 7) is 4.03. The van der Waals surface area contributed by atoms with Gasteiger partial charge in [0.15, 0.2) is 0 Å². The number of benzene rings is 1. The Kier molecular flexibility index (Phi) is 6.34. The van der Waals surface area contributed by atoms with Crippen molar-refractivity contribution >= 4 is 11.6 Å². The largest absolute Gasteiger partial charge is 0.495 e. The molecule has 2 N–H and O–H groups in total. The van der Waals surface area contributed by atoms with Crippen molar-refractivity contribution in [2.45, 2.75) is 19.9 Å². The van der Waals surface area contributed by atoms with E-state index in [4.69, 9.17) is 21.4 Å². The smallest absolute Gasteiger partial charge is 0.137 e. The van der Waals surface area contributed by atoms with Crippen LogP contribution in [-0.2, 0) is 6.54 Å². The summed E-state index contributed by atoms with van der Waals surface area (Å²) in [7, 11) is 1.61. The molecule has 4 heteroatoms. The highest BCUT2D eigenvalue weighted by molar-refractivity contribution is 6.32. The Bertz CT molecular complexity index is 344. The molecule has 0 radical (unpaired) electrons. The number of hydrogen-bond donors (Lipinski definition) is 2. The molecule has 0 aromatic heterocycles. The van der Waals surface area contributed by atoms with E-state index in [0.717, 1.165) is 25.1 Å². The van der Waals surface area contributed by atoms with Crippen molar-refractivity contribution in [1.82, 2.24) is 5.32 Å². The predicted molar refractivity (Wildman–Crippen MR) is 70.6 cm³/mol. The molecule has 0 amide bonds. The van der Waals surface area contributed by atoms with Crippen LogP contribution in [0.15, 0.2) is 18.2 Å². The lowest BCUT2D eigenvalue weighted by Gasteiger charge is -2.11. The van der Waals surface area contributed by atoms with Gasteiger partial charge in [0.05, 0.1) is 12.1 Å². The molecular formula is C13H20ClNO2. The molecule has 1 rings (SSSR count). The minimum Gasteiger partial charge on any atom is -0.495 e. The molecule has 17 heavy (non-hydrogen) atoms. The predicted octanol–water partition coefficient (Wildman–Crippen LogP) is 2.46. The number of ether oxygens (including phenoxy) is 1. The van der Waals surface area contributed by atoms with Gasteiger partial charge >= 0.3 is 0 Å². The van der Waals surface area contributed by atoms with Crippen LogP contribution in [0, 0.1) is 5.92 Å². The number of hydrogen-bond acceptors (Lipinski definition) is 3. The van der Waals surface area contributed by atoms with E-state index in [9.17, 15) is 0 Å². The molecule has 1 aromatic rings. The third-order valence-corrected chi connectivity index (χ3v) is 2.96. The summed E-state index contributed by atoms with van der Waals surface area (Å²) < 4.78 is 5.09. The number of halogens is 1. The van der Waals surface area contributed by atoms with Crippen LogP contribution in [0.25, 0.3) is 0 Å².